The minimum atomic E-state index is 0.526. The first-order valence-corrected chi connectivity index (χ1v) is 5.71. The molecule has 0 N–H and O–H groups in total. The lowest BCUT2D eigenvalue weighted by Crippen LogP contribution is -1.96. The van der Waals surface area contributed by atoms with Crippen LogP contribution in [0.1, 0.15) is 30.9 Å². The Morgan fingerprint density at radius 3 is 2.25 bits per heavy atom. The molecule has 0 aliphatic heterocycles. The maximum absolute atomic E-state index is 5.47. The summed E-state index contributed by atoms with van der Waals surface area (Å²) in [6, 6.07) is 10.6. The first kappa shape index (κ1) is 11.0. The lowest BCUT2D eigenvalue weighted by atomic mass is 9.92. The summed E-state index contributed by atoms with van der Waals surface area (Å²) in [5.74, 6) is 1.50. The fourth-order valence-electron chi connectivity index (χ4n) is 2.28. The molecule has 2 aromatic rings. The van der Waals surface area contributed by atoms with Crippen LogP contribution in [0, 0.1) is 6.92 Å². The third kappa shape index (κ3) is 1.67. The number of methoxy groups -OCH3 is 1. The van der Waals surface area contributed by atoms with Gasteiger partial charge in [-0.05, 0) is 35.4 Å². The van der Waals surface area contributed by atoms with Crippen molar-refractivity contribution < 1.29 is 4.74 Å². The van der Waals surface area contributed by atoms with Crippen molar-refractivity contribution in [1.82, 2.24) is 0 Å². The molecule has 2 rings (SSSR count). The fourth-order valence-corrected chi connectivity index (χ4v) is 2.28. The summed E-state index contributed by atoms with van der Waals surface area (Å²) in [6.45, 7) is 6.63. The van der Waals surface area contributed by atoms with Crippen LogP contribution < -0.4 is 4.74 Å². The minimum absolute atomic E-state index is 0.526. The molecule has 0 spiro atoms. The van der Waals surface area contributed by atoms with Gasteiger partial charge in [-0.15, -0.1) is 0 Å². The Balaban J connectivity index is 2.83. The largest absolute Gasteiger partial charge is 0.496 e. The second kappa shape index (κ2) is 4.17. The molecule has 0 aromatic heterocycles. The van der Waals surface area contributed by atoms with Crippen LogP contribution in [-0.4, -0.2) is 7.11 Å². The maximum Gasteiger partial charge on any atom is 0.126 e. The first-order valence-electron chi connectivity index (χ1n) is 5.71. The second-order valence-corrected chi connectivity index (χ2v) is 4.49. The van der Waals surface area contributed by atoms with E-state index in [0.717, 1.165) is 5.75 Å². The summed E-state index contributed by atoms with van der Waals surface area (Å²) in [6.07, 6.45) is 0. The van der Waals surface area contributed by atoms with Gasteiger partial charge in [0, 0.05) is 5.39 Å². The summed E-state index contributed by atoms with van der Waals surface area (Å²) in [5, 5.41) is 2.50. The minimum Gasteiger partial charge on any atom is -0.496 e. The van der Waals surface area contributed by atoms with Gasteiger partial charge in [0.2, 0.25) is 0 Å². The average molecular weight is 214 g/mol. The molecule has 16 heavy (non-hydrogen) atoms. The predicted octanol–water partition coefficient (Wildman–Crippen LogP) is 4.28. The van der Waals surface area contributed by atoms with E-state index < -0.39 is 0 Å². The standard InChI is InChI=1S/C15H18O/c1-10(2)14-9-15(16-4)13-8-6-5-7-12(13)11(14)3/h5-10H,1-4H3. The zero-order chi connectivity index (χ0) is 11.7. The number of benzene rings is 2. The van der Waals surface area contributed by atoms with E-state index in [-0.39, 0.29) is 0 Å². The lowest BCUT2D eigenvalue weighted by molar-refractivity contribution is 0.419. The van der Waals surface area contributed by atoms with E-state index >= 15 is 0 Å². The van der Waals surface area contributed by atoms with Crippen molar-refractivity contribution >= 4 is 10.8 Å². The van der Waals surface area contributed by atoms with Gasteiger partial charge in [0.05, 0.1) is 7.11 Å². The van der Waals surface area contributed by atoms with E-state index in [9.17, 15) is 0 Å². The first-order chi connectivity index (χ1) is 7.65. The van der Waals surface area contributed by atoms with E-state index in [2.05, 4.69) is 51.1 Å². The molecule has 0 amide bonds. The number of rotatable bonds is 2. The van der Waals surface area contributed by atoms with Crippen LogP contribution in [0.25, 0.3) is 10.8 Å². The molecule has 0 fully saturated rings. The smallest absolute Gasteiger partial charge is 0.126 e. The quantitative estimate of drug-likeness (QED) is 0.725. The number of hydrogen-bond acceptors (Lipinski definition) is 1. The number of aryl methyl sites for hydroxylation is 1. The molecule has 0 saturated heterocycles. The van der Waals surface area contributed by atoms with Gasteiger partial charge in [0.25, 0.3) is 0 Å². The van der Waals surface area contributed by atoms with Crippen LogP contribution in [-0.2, 0) is 0 Å². The van der Waals surface area contributed by atoms with E-state index in [1.165, 1.54) is 21.9 Å². The highest BCUT2D eigenvalue weighted by molar-refractivity contribution is 5.92. The zero-order valence-corrected chi connectivity index (χ0v) is 10.4. The van der Waals surface area contributed by atoms with Gasteiger partial charge in [-0.1, -0.05) is 38.1 Å². The van der Waals surface area contributed by atoms with E-state index in [1.54, 1.807) is 7.11 Å². The fraction of sp³-hybridized carbons (Fsp3) is 0.333. The SMILES string of the molecule is COc1cc(C(C)C)c(C)c2ccccc12. The van der Waals surface area contributed by atoms with Gasteiger partial charge < -0.3 is 4.74 Å². The number of fused-ring (bicyclic) bond motifs is 1. The van der Waals surface area contributed by atoms with Gasteiger partial charge in [-0.25, -0.2) is 0 Å². The second-order valence-electron chi connectivity index (χ2n) is 4.49. The Bertz CT molecular complexity index is 512. The molecular formula is C15H18O. The molecule has 0 radical (unpaired) electrons. The molecule has 1 heteroatoms. The summed E-state index contributed by atoms with van der Waals surface area (Å²) < 4.78 is 5.47. The molecule has 2 aromatic carbocycles. The van der Waals surface area contributed by atoms with Crippen molar-refractivity contribution in [3.63, 3.8) is 0 Å². The van der Waals surface area contributed by atoms with Crippen LogP contribution in [0.3, 0.4) is 0 Å². The van der Waals surface area contributed by atoms with Gasteiger partial charge in [0.1, 0.15) is 5.75 Å². The molecule has 0 unspecified atom stereocenters. The average Bonchev–Trinajstić information content (AvgIpc) is 2.29. The van der Waals surface area contributed by atoms with Crippen molar-refractivity contribution in [2.24, 2.45) is 0 Å². The third-order valence-electron chi connectivity index (χ3n) is 3.16. The number of hydrogen-bond donors (Lipinski definition) is 0. The molecule has 0 saturated carbocycles. The molecule has 0 heterocycles. The highest BCUT2D eigenvalue weighted by Crippen LogP contribution is 2.34. The summed E-state index contributed by atoms with van der Waals surface area (Å²) in [7, 11) is 1.74. The molecule has 1 nitrogen and oxygen atoms in total. The molecular weight excluding hydrogens is 196 g/mol. The van der Waals surface area contributed by atoms with Crippen molar-refractivity contribution in [3.8, 4) is 5.75 Å². The number of ether oxygens (including phenoxy) is 1. The Kier molecular flexibility index (Phi) is 2.86. The highest BCUT2D eigenvalue weighted by atomic mass is 16.5. The van der Waals surface area contributed by atoms with Crippen molar-refractivity contribution in [1.29, 1.82) is 0 Å². The van der Waals surface area contributed by atoms with Crippen molar-refractivity contribution in [2.75, 3.05) is 7.11 Å². The zero-order valence-electron chi connectivity index (χ0n) is 10.4. The molecule has 0 aliphatic rings. The highest BCUT2D eigenvalue weighted by Gasteiger charge is 2.11. The van der Waals surface area contributed by atoms with Gasteiger partial charge in [-0.3, -0.25) is 0 Å². The lowest BCUT2D eigenvalue weighted by Gasteiger charge is -2.15. The molecule has 84 valence electrons. The van der Waals surface area contributed by atoms with Crippen molar-refractivity contribution in [3.05, 3.63) is 41.5 Å². The Labute approximate surface area is 97.1 Å². The molecule has 0 aliphatic carbocycles. The van der Waals surface area contributed by atoms with Crippen LogP contribution in [0.2, 0.25) is 0 Å². The van der Waals surface area contributed by atoms with E-state index in [4.69, 9.17) is 4.74 Å². The normalized spacial score (nSPS) is 11.1. The van der Waals surface area contributed by atoms with Crippen LogP contribution in [0.5, 0.6) is 5.75 Å². The van der Waals surface area contributed by atoms with Crippen LogP contribution in [0.4, 0.5) is 0 Å². The van der Waals surface area contributed by atoms with Gasteiger partial charge in [-0.2, -0.15) is 0 Å². The monoisotopic (exact) mass is 214 g/mol. The van der Waals surface area contributed by atoms with Gasteiger partial charge in [0.15, 0.2) is 0 Å². The van der Waals surface area contributed by atoms with E-state index in [1.807, 2.05) is 0 Å². The Morgan fingerprint density at radius 1 is 1.06 bits per heavy atom. The van der Waals surface area contributed by atoms with E-state index in [0.29, 0.717) is 5.92 Å². The van der Waals surface area contributed by atoms with Crippen LogP contribution >= 0.6 is 0 Å². The Morgan fingerprint density at radius 2 is 1.69 bits per heavy atom. The maximum atomic E-state index is 5.47. The molecule has 0 bridgehead atoms. The van der Waals surface area contributed by atoms with Crippen molar-refractivity contribution in [2.45, 2.75) is 26.7 Å². The van der Waals surface area contributed by atoms with Crippen LogP contribution in [0.15, 0.2) is 30.3 Å². The topological polar surface area (TPSA) is 9.23 Å². The molecule has 0 atom stereocenters. The Hall–Kier alpha value is -1.50. The summed E-state index contributed by atoms with van der Waals surface area (Å²) in [5.41, 5.74) is 2.74. The third-order valence-corrected chi connectivity index (χ3v) is 3.16. The summed E-state index contributed by atoms with van der Waals surface area (Å²) >= 11 is 0. The summed E-state index contributed by atoms with van der Waals surface area (Å²) in [4.78, 5) is 0. The van der Waals surface area contributed by atoms with Gasteiger partial charge >= 0.3 is 0 Å². The predicted molar refractivity (Wildman–Crippen MR) is 69.3 cm³/mol.